The zero-order valence-electron chi connectivity index (χ0n) is 8.29. The van der Waals surface area contributed by atoms with Crippen LogP contribution in [0.4, 0.5) is 0 Å². The average Bonchev–Trinajstić information content (AvgIpc) is 1.90. The summed E-state index contributed by atoms with van der Waals surface area (Å²) in [6.45, 7) is 2.50. The Balaban J connectivity index is -0.0000000536. The van der Waals surface area contributed by atoms with Crippen LogP contribution in [0.25, 0.3) is 0 Å². The topological polar surface area (TPSA) is 101 Å². The van der Waals surface area contributed by atoms with E-state index >= 15 is 0 Å². The third kappa shape index (κ3) is 22.6. The summed E-state index contributed by atoms with van der Waals surface area (Å²) < 4.78 is 8.70. The average molecular weight is 224 g/mol. The van der Waals surface area contributed by atoms with Crippen molar-refractivity contribution in [3.63, 3.8) is 0 Å². The molecule has 0 atom stereocenters. The van der Waals surface area contributed by atoms with Gasteiger partial charge in [0.25, 0.3) is 0 Å². The van der Waals surface area contributed by atoms with E-state index in [0.717, 1.165) is 0 Å². The summed E-state index contributed by atoms with van der Waals surface area (Å²) in [7, 11) is -2.87. The summed E-state index contributed by atoms with van der Waals surface area (Å²) >= 11 is 0. The molecule has 0 aliphatic carbocycles. The Kier molecular flexibility index (Phi) is 24.1. The van der Waals surface area contributed by atoms with Crippen molar-refractivity contribution in [1.29, 1.82) is 0 Å². The van der Waals surface area contributed by atoms with Gasteiger partial charge in [-0.1, -0.05) is 6.42 Å². The van der Waals surface area contributed by atoms with Gasteiger partial charge < -0.3 is 12.2 Å². The molecular formula is C5H16KNO4P+. The van der Waals surface area contributed by atoms with Gasteiger partial charge in [0.15, 0.2) is 0 Å². The van der Waals surface area contributed by atoms with Gasteiger partial charge in [0, 0.05) is 4.57 Å². The van der Waals surface area contributed by atoms with Gasteiger partial charge in [-0.05, 0) is 25.9 Å². The minimum atomic E-state index is -2.87. The summed E-state index contributed by atoms with van der Waals surface area (Å²) in [5.41, 5.74) is 0. The normalized spacial score (nSPS) is 14.2. The van der Waals surface area contributed by atoms with Crippen LogP contribution < -0.4 is 56.7 Å². The van der Waals surface area contributed by atoms with Crippen molar-refractivity contribution in [3.8, 4) is 0 Å². The first kappa shape index (κ1) is 19.2. The summed E-state index contributed by atoms with van der Waals surface area (Å²) in [5.74, 6) is 0. The van der Waals surface area contributed by atoms with E-state index in [1.165, 1.54) is 32.4 Å². The van der Waals surface area contributed by atoms with Crippen molar-refractivity contribution in [3.05, 3.63) is 0 Å². The molecule has 0 saturated carbocycles. The van der Waals surface area contributed by atoms with Crippen molar-refractivity contribution in [1.82, 2.24) is 5.32 Å². The Bertz CT molecular complexity index is 91.0. The van der Waals surface area contributed by atoms with E-state index in [4.69, 9.17) is 14.4 Å². The first-order valence-corrected chi connectivity index (χ1v) is 4.45. The zero-order valence-corrected chi connectivity index (χ0v) is 11.3. The third-order valence-electron chi connectivity index (χ3n) is 1.21. The van der Waals surface area contributed by atoms with Gasteiger partial charge in [-0.25, -0.2) is 0 Å². The SMILES string of the molecule is C1CCNCC1.O.O=[P+](O)O.[H-].[K+]. The molecule has 70 valence electrons. The number of piperidine rings is 1. The fourth-order valence-electron chi connectivity index (χ4n) is 0.802. The van der Waals surface area contributed by atoms with Gasteiger partial charge in [0.2, 0.25) is 0 Å². The van der Waals surface area contributed by atoms with Crippen molar-refractivity contribution < 1.29 is 72.6 Å². The first-order valence-electron chi connectivity index (χ1n) is 3.29. The molecule has 12 heavy (non-hydrogen) atoms. The number of hydrogen-bond acceptors (Lipinski definition) is 2. The summed E-state index contributed by atoms with van der Waals surface area (Å²) in [6.07, 6.45) is 4.22. The molecule has 0 unspecified atom stereocenters. The molecule has 5 nitrogen and oxygen atoms in total. The molecule has 0 bridgehead atoms. The first-order chi connectivity index (χ1) is 4.73. The summed E-state index contributed by atoms with van der Waals surface area (Å²) in [5, 5.41) is 3.28. The maximum Gasteiger partial charge on any atom is 1.00 e. The standard InChI is InChI=1S/C5H11N.K.HO3P.H2O.H/c1-2-4-6-5-3-1;;1-4(2)3;;/h6H,1-5H2;;(H-,1,2,3);1H2;/q;+1;;;-1/p+1. The maximum atomic E-state index is 8.70. The number of rotatable bonds is 0. The molecule has 0 aromatic heterocycles. The largest absolute Gasteiger partial charge is 1.00 e. The molecule has 5 N–H and O–H groups in total. The Morgan fingerprint density at radius 3 is 1.58 bits per heavy atom. The molecule has 1 rings (SSSR count). The van der Waals surface area contributed by atoms with Crippen LogP contribution in [0.15, 0.2) is 0 Å². The summed E-state index contributed by atoms with van der Waals surface area (Å²) in [6, 6.07) is 0. The minimum Gasteiger partial charge on any atom is -1.00 e. The number of nitrogens with one attached hydrogen (secondary N) is 1. The molecule has 0 aromatic rings. The van der Waals surface area contributed by atoms with E-state index in [9.17, 15) is 0 Å². The van der Waals surface area contributed by atoms with Crippen LogP contribution in [0.2, 0.25) is 0 Å². The maximum absolute atomic E-state index is 8.70. The molecule has 1 aliphatic rings. The van der Waals surface area contributed by atoms with E-state index in [1.54, 1.807) is 0 Å². The van der Waals surface area contributed by atoms with E-state index in [0.29, 0.717) is 0 Å². The van der Waals surface area contributed by atoms with Crippen LogP contribution in [-0.2, 0) is 4.57 Å². The van der Waals surface area contributed by atoms with Gasteiger partial charge in [-0.2, -0.15) is 0 Å². The van der Waals surface area contributed by atoms with Gasteiger partial charge in [0.1, 0.15) is 0 Å². The Morgan fingerprint density at radius 1 is 1.17 bits per heavy atom. The van der Waals surface area contributed by atoms with Crippen LogP contribution in [0.1, 0.15) is 20.7 Å². The summed E-state index contributed by atoms with van der Waals surface area (Å²) in [4.78, 5) is 14.2. The Labute approximate surface area is 117 Å². The fourth-order valence-corrected chi connectivity index (χ4v) is 0.802. The molecule has 0 amide bonds. The van der Waals surface area contributed by atoms with Crippen LogP contribution in [0.3, 0.4) is 0 Å². The van der Waals surface area contributed by atoms with Crippen LogP contribution in [-0.4, -0.2) is 28.4 Å². The van der Waals surface area contributed by atoms with E-state index in [1.807, 2.05) is 0 Å². The van der Waals surface area contributed by atoms with Crippen LogP contribution in [0, 0.1) is 0 Å². The van der Waals surface area contributed by atoms with Crippen molar-refractivity contribution in [2.75, 3.05) is 13.1 Å². The molecule has 1 saturated heterocycles. The Morgan fingerprint density at radius 2 is 1.50 bits per heavy atom. The second-order valence-electron chi connectivity index (χ2n) is 2.06. The molecule has 0 spiro atoms. The molecule has 1 aliphatic heterocycles. The molecule has 7 heteroatoms. The van der Waals surface area contributed by atoms with Crippen LogP contribution in [0.5, 0.6) is 0 Å². The molecule has 1 heterocycles. The molecule has 0 radical (unpaired) electrons. The second-order valence-corrected chi connectivity index (χ2v) is 2.57. The van der Waals surface area contributed by atoms with Gasteiger partial charge in [-0.15, -0.1) is 9.79 Å². The van der Waals surface area contributed by atoms with Gasteiger partial charge in [-0.3, -0.25) is 0 Å². The van der Waals surface area contributed by atoms with Crippen LogP contribution >= 0.6 is 8.25 Å². The third-order valence-corrected chi connectivity index (χ3v) is 1.21. The number of hydrogen-bond donors (Lipinski definition) is 3. The molecule has 1 fully saturated rings. The molecular weight excluding hydrogens is 208 g/mol. The van der Waals surface area contributed by atoms with Crippen molar-refractivity contribution in [2.24, 2.45) is 0 Å². The quantitative estimate of drug-likeness (QED) is 0.296. The predicted octanol–water partition coefficient (Wildman–Crippen LogP) is -3.32. The fraction of sp³-hybridized carbons (Fsp3) is 1.00. The van der Waals surface area contributed by atoms with Gasteiger partial charge >= 0.3 is 59.6 Å². The van der Waals surface area contributed by atoms with E-state index < -0.39 is 8.25 Å². The molecule has 0 aromatic carbocycles. The monoisotopic (exact) mass is 224 g/mol. The predicted molar refractivity (Wildman–Crippen MR) is 43.5 cm³/mol. The van der Waals surface area contributed by atoms with Gasteiger partial charge in [0.05, 0.1) is 0 Å². The van der Waals surface area contributed by atoms with E-state index in [-0.39, 0.29) is 58.3 Å². The minimum absolute atomic E-state index is 0. The van der Waals surface area contributed by atoms with Crippen molar-refractivity contribution in [2.45, 2.75) is 19.3 Å². The second kappa shape index (κ2) is 15.1. The van der Waals surface area contributed by atoms with E-state index in [2.05, 4.69) is 5.32 Å². The van der Waals surface area contributed by atoms with Crippen molar-refractivity contribution >= 4 is 8.25 Å². The zero-order chi connectivity index (χ0) is 7.82. The Hall–Kier alpha value is 1.58. The smallest absolute Gasteiger partial charge is 1.00 e.